The summed E-state index contributed by atoms with van der Waals surface area (Å²) in [6.07, 6.45) is 8.49. The molecule has 0 saturated heterocycles. The van der Waals surface area contributed by atoms with Crippen molar-refractivity contribution in [3.63, 3.8) is 0 Å². The van der Waals surface area contributed by atoms with Crippen LogP contribution in [0.1, 0.15) is 56.9 Å². The summed E-state index contributed by atoms with van der Waals surface area (Å²) < 4.78 is 34.2. The molecule has 1 nitrogen and oxygen atoms in total. The molecule has 0 atom stereocenters. The zero-order valence-corrected chi connectivity index (χ0v) is 16.0. The smallest absolute Gasteiger partial charge is 0.201 e. The lowest BCUT2D eigenvalue weighted by Crippen LogP contribution is -2.11. The highest BCUT2D eigenvalue weighted by atomic mass is 19.2. The Bertz CT molecular complexity index is 759. The summed E-state index contributed by atoms with van der Waals surface area (Å²) in [7, 11) is 0. The normalized spacial score (nSPS) is 19.7. The second-order valence-corrected chi connectivity index (χ2v) is 7.41. The van der Waals surface area contributed by atoms with E-state index in [2.05, 4.69) is 24.8 Å². The molecular formula is C24H28F2O. The maximum absolute atomic E-state index is 14.5. The Hall–Kier alpha value is -2.16. The third-order valence-electron chi connectivity index (χ3n) is 5.60. The van der Waals surface area contributed by atoms with E-state index in [1.807, 2.05) is 19.1 Å². The van der Waals surface area contributed by atoms with E-state index < -0.39 is 11.6 Å². The zero-order chi connectivity index (χ0) is 19.2. The predicted molar refractivity (Wildman–Crippen MR) is 107 cm³/mol. The maximum atomic E-state index is 14.5. The Morgan fingerprint density at radius 2 is 1.70 bits per heavy atom. The highest BCUT2D eigenvalue weighted by Crippen LogP contribution is 2.37. The summed E-state index contributed by atoms with van der Waals surface area (Å²) in [5.74, 6) is -0.583. The van der Waals surface area contributed by atoms with E-state index in [1.54, 1.807) is 6.07 Å². The van der Waals surface area contributed by atoms with E-state index in [0.29, 0.717) is 24.0 Å². The van der Waals surface area contributed by atoms with Crippen LogP contribution in [0.2, 0.25) is 0 Å². The van der Waals surface area contributed by atoms with E-state index in [9.17, 15) is 8.78 Å². The molecule has 1 fully saturated rings. The number of hydrogen-bond donors (Lipinski definition) is 0. The van der Waals surface area contributed by atoms with Crippen LogP contribution in [0.15, 0.2) is 49.1 Å². The molecule has 1 aliphatic rings. The molecule has 3 rings (SSSR count). The fourth-order valence-electron chi connectivity index (χ4n) is 3.82. The van der Waals surface area contributed by atoms with Crippen LogP contribution < -0.4 is 4.74 Å². The van der Waals surface area contributed by atoms with Crippen LogP contribution in [-0.2, 0) is 0 Å². The molecule has 0 spiro atoms. The van der Waals surface area contributed by atoms with Gasteiger partial charge in [0.1, 0.15) is 0 Å². The Kier molecular flexibility index (Phi) is 6.65. The summed E-state index contributed by atoms with van der Waals surface area (Å²) >= 11 is 0. The molecule has 2 aromatic carbocycles. The molecule has 2 aromatic rings. The first-order chi connectivity index (χ1) is 13.1. The SMILES string of the molecule is C=CC1CCC(c2ccc(-c3ccc(OCCCC)c(F)c3F)cc2)CC1. The summed E-state index contributed by atoms with van der Waals surface area (Å²) in [6, 6.07) is 11.0. The van der Waals surface area contributed by atoms with Gasteiger partial charge < -0.3 is 4.74 Å². The Morgan fingerprint density at radius 1 is 1.00 bits per heavy atom. The first kappa shape index (κ1) is 19.6. The van der Waals surface area contributed by atoms with Gasteiger partial charge in [-0.25, -0.2) is 4.39 Å². The molecule has 1 aliphatic carbocycles. The van der Waals surface area contributed by atoms with Crippen LogP contribution in [0.25, 0.3) is 11.1 Å². The van der Waals surface area contributed by atoms with Crippen molar-refractivity contribution in [3.05, 3.63) is 66.3 Å². The monoisotopic (exact) mass is 370 g/mol. The van der Waals surface area contributed by atoms with Crippen molar-refractivity contribution < 1.29 is 13.5 Å². The van der Waals surface area contributed by atoms with Gasteiger partial charge in [0.15, 0.2) is 11.6 Å². The first-order valence-corrected chi connectivity index (χ1v) is 9.97. The molecule has 0 heterocycles. The van der Waals surface area contributed by atoms with Crippen molar-refractivity contribution in [1.29, 1.82) is 0 Å². The first-order valence-electron chi connectivity index (χ1n) is 9.97. The van der Waals surface area contributed by atoms with Gasteiger partial charge in [0.25, 0.3) is 0 Å². The van der Waals surface area contributed by atoms with Crippen molar-refractivity contribution in [2.24, 2.45) is 5.92 Å². The summed E-state index contributed by atoms with van der Waals surface area (Å²) in [5.41, 5.74) is 2.24. The van der Waals surface area contributed by atoms with Crippen molar-refractivity contribution in [1.82, 2.24) is 0 Å². The fourth-order valence-corrected chi connectivity index (χ4v) is 3.82. The van der Waals surface area contributed by atoms with Crippen LogP contribution in [0.3, 0.4) is 0 Å². The Labute approximate surface area is 161 Å². The second kappa shape index (κ2) is 9.16. The average Bonchev–Trinajstić information content (AvgIpc) is 2.72. The van der Waals surface area contributed by atoms with E-state index >= 15 is 0 Å². The number of unbranched alkanes of at least 4 members (excludes halogenated alkanes) is 1. The lowest BCUT2D eigenvalue weighted by molar-refractivity contribution is 0.289. The van der Waals surface area contributed by atoms with Crippen molar-refractivity contribution >= 4 is 0 Å². The maximum Gasteiger partial charge on any atom is 0.201 e. The van der Waals surface area contributed by atoms with Gasteiger partial charge in [-0.1, -0.05) is 43.7 Å². The predicted octanol–water partition coefficient (Wildman–Crippen LogP) is 7.27. The van der Waals surface area contributed by atoms with Crippen LogP contribution in [0, 0.1) is 17.6 Å². The lowest BCUT2D eigenvalue weighted by atomic mass is 9.78. The van der Waals surface area contributed by atoms with Gasteiger partial charge in [0.05, 0.1) is 6.61 Å². The molecule has 0 radical (unpaired) electrons. The molecule has 0 unspecified atom stereocenters. The minimum absolute atomic E-state index is 0.0136. The van der Waals surface area contributed by atoms with Crippen molar-refractivity contribution in [2.45, 2.75) is 51.4 Å². The van der Waals surface area contributed by atoms with Gasteiger partial charge in [-0.3, -0.25) is 0 Å². The number of allylic oxidation sites excluding steroid dienone is 1. The van der Waals surface area contributed by atoms with Crippen molar-refractivity contribution in [3.8, 4) is 16.9 Å². The van der Waals surface area contributed by atoms with Gasteiger partial charge in [0.2, 0.25) is 5.82 Å². The van der Waals surface area contributed by atoms with Gasteiger partial charge in [-0.2, -0.15) is 4.39 Å². The second-order valence-electron chi connectivity index (χ2n) is 7.41. The molecule has 1 saturated carbocycles. The van der Waals surface area contributed by atoms with Gasteiger partial charge in [-0.05, 0) is 67.2 Å². The molecule has 0 N–H and O–H groups in total. The van der Waals surface area contributed by atoms with E-state index in [1.165, 1.54) is 24.5 Å². The lowest BCUT2D eigenvalue weighted by Gasteiger charge is -2.27. The highest BCUT2D eigenvalue weighted by Gasteiger charge is 2.21. The van der Waals surface area contributed by atoms with Crippen molar-refractivity contribution in [2.75, 3.05) is 6.61 Å². The van der Waals surface area contributed by atoms with Gasteiger partial charge >= 0.3 is 0 Å². The van der Waals surface area contributed by atoms with E-state index in [0.717, 1.165) is 25.7 Å². The fraction of sp³-hybridized carbons (Fsp3) is 0.417. The molecule has 0 aromatic heterocycles. The van der Waals surface area contributed by atoms with Gasteiger partial charge in [-0.15, -0.1) is 6.58 Å². The highest BCUT2D eigenvalue weighted by molar-refractivity contribution is 5.65. The molecule has 0 amide bonds. The number of benzene rings is 2. The van der Waals surface area contributed by atoms with Crippen LogP contribution in [-0.4, -0.2) is 6.61 Å². The quantitative estimate of drug-likeness (QED) is 0.368. The largest absolute Gasteiger partial charge is 0.490 e. The standard InChI is InChI=1S/C24H28F2O/c1-3-5-16-27-22-15-14-21(23(25)24(22)26)20-12-10-19(11-13-20)18-8-6-17(4-2)7-9-18/h4,10-15,17-18H,2-3,5-9,16H2,1H3. The Balaban J connectivity index is 1.73. The minimum Gasteiger partial charge on any atom is -0.490 e. The van der Waals surface area contributed by atoms with Crippen LogP contribution in [0.5, 0.6) is 5.75 Å². The van der Waals surface area contributed by atoms with Crippen LogP contribution >= 0.6 is 0 Å². The number of rotatable bonds is 7. The molecule has 0 aliphatic heterocycles. The third-order valence-corrected chi connectivity index (χ3v) is 5.60. The van der Waals surface area contributed by atoms with E-state index in [-0.39, 0.29) is 11.3 Å². The third kappa shape index (κ3) is 4.58. The number of ether oxygens (including phenoxy) is 1. The minimum atomic E-state index is -0.907. The summed E-state index contributed by atoms with van der Waals surface area (Å²) in [4.78, 5) is 0. The molecule has 144 valence electrons. The van der Waals surface area contributed by atoms with Gasteiger partial charge in [0, 0.05) is 5.56 Å². The molecular weight excluding hydrogens is 342 g/mol. The molecule has 27 heavy (non-hydrogen) atoms. The molecule has 0 bridgehead atoms. The zero-order valence-electron chi connectivity index (χ0n) is 16.0. The molecule has 3 heteroatoms. The van der Waals surface area contributed by atoms with E-state index in [4.69, 9.17) is 4.74 Å². The summed E-state index contributed by atoms with van der Waals surface area (Å²) in [5, 5.41) is 0. The van der Waals surface area contributed by atoms with Crippen LogP contribution in [0.4, 0.5) is 8.78 Å². The number of hydrogen-bond acceptors (Lipinski definition) is 1. The average molecular weight is 370 g/mol. The Morgan fingerprint density at radius 3 is 2.33 bits per heavy atom. The summed E-state index contributed by atoms with van der Waals surface area (Å²) in [6.45, 7) is 6.32. The number of halogens is 2. The topological polar surface area (TPSA) is 9.23 Å².